The van der Waals surface area contributed by atoms with Crippen LogP contribution in [0.25, 0.3) is 10.9 Å². The third-order valence-electron chi connectivity index (χ3n) is 2.56. The molecule has 0 aliphatic carbocycles. The average Bonchev–Trinajstić information content (AvgIpc) is 3.00. The molecule has 1 atom stereocenters. The van der Waals surface area contributed by atoms with E-state index in [4.69, 9.17) is 9.47 Å². The van der Waals surface area contributed by atoms with Crippen molar-refractivity contribution in [3.8, 4) is 5.75 Å². The van der Waals surface area contributed by atoms with Gasteiger partial charge in [-0.25, -0.2) is 0 Å². The van der Waals surface area contributed by atoms with Gasteiger partial charge in [-0.1, -0.05) is 6.07 Å². The number of fused-ring (bicyclic) bond motifs is 1. The molecule has 0 saturated carbocycles. The molecular weight excluding hydrogens is 192 g/mol. The van der Waals surface area contributed by atoms with Crippen LogP contribution in [0.5, 0.6) is 5.75 Å². The predicted octanol–water partition coefficient (Wildman–Crippen LogP) is 1.65. The standard InChI is InChI=1S/C11H12N2O2/c1-7-11-9(13-12-7)3-2-4-10(11)15-6-8-5-14-8/h2-4,8H,5-6H2,1H3,(H,12,13)/t8-/m0/s1. The van der Waals surface area contributed by atoms with E-state index in [1.807, 2.05) is 25.1 Å². The van der Waals surface area contributed by atoms with Crippen molar-refractivity contribution in [1.82, 2.24) is 10.2 Å². The summed E-state index contributed by atoms with van der Waals surface area (Å²) < 4.78 is 10.8. The minimum Gasteiger partial charge on any atom is -0.490 e. The van der Waals surface area contributed by atoms with Gasteiger partial charge >= 0.3 is 0 Å². The molecule has 0 spiro atoms. The molecule has 4 nitrogen and oxygen atoms in total. The molecule has 0 bridgehead atoms. The number of aromatic nitrogens is 2. The summed E-state index contributed by atoms with van der Waals surface area (Å²) in [5.41, 5.74) is 1.99. The minimum absolute atomic E-state index is 0.285. The molecule has 0 unspecified atom stereocenters. The molecule has 1 aromatic heterocycles. The van der Waals surface area contributed by atoms with Crippen molar-refractivity contribution in [2.45, 2.75) is 13.0 Å². The maximum Gasteiger partial charge on any atom is 0.130 e. The Bertz CT molecular complexity index is 488. The van der Waals surface area contributed by atoms with E-state index in [9.17, 15) is 0 Å². The summed E-state index contributed by atoms with van der Waals surface area (Å²) in [5, 5.41) is 8.20. The van der Waals surface area contributed by atoms with Crippen LogP contribution in [0.15, 0.2) is 18.2 Å². The van der Waals surface area contributed by atoms with E-state index in [0.717, 1.165) is 29.0 Å². The molecule has 2 heterocycles. The van der Waals surface area contributed by atoms with Crippen molar-refractivity contribution in [3.05, 3.63) is 23.9 Å². The van der Waals surface area contributed by atoms with Gasteiger partial charge in [-0.2, -0.15) is 5.10 Å². The predicted molar refractivity (Wildman–Crippen MR) is 56.1 cm³/mol. The number of aryl methyl sites for hydroxylation is 1. The summed E-state index contributed by atoms with van der Waals surface area (Å²) >= 11 is 0. The Morgan fingerprint density at radius 2 is 2.47 bits per heavy atom. The Morgan fingerprint density at radius 1 is 1.60 bits per heavy atom. The fourth-order valence-electron chi connectivity index (χ4n) is 1.66. The summed E-state index contributed by atoms with van der Waals surface area (Å²) in [6, 6.07) is 5.92. The first kappa shape index (κ1) is 8.73. The number of H-pyrrole nitrogens is 1. The Hall–Kier alpha value is -1.55. The molecule has 1 saturated heterocycles. The first-order valence-electron chi connectivity index (χ1n) is 5.02. The normalized spacial score (nSPS) is 19.4. The van der Waals surface area contributed by atoms with Crippen LogP contribution in [0.1, 0.15) is 5.69 Å². The van der Waals surface area contributed by atoms with Crippen molar-refractivity contribution in [1.29, 1.82) is 0 Å². The lowest BCUT2D eigenvalue weighted by Gasteiger charge is -2.05. The number of hydrogen-bond donors (Lipinski definition) is 1. The highest BCUT2D eigenvalue weighted by Crippen LogP contribution is 2.27. The fourth-order valence-corrected chi connectivity index (χ4v) is 1.66. The number of epoxide rings is 1. The summed E-state index contributed by atoms with van der Waals surface area (Å²) in [4.78, 5) is 0. The highest BCUT2D eigenvalue weighted by atomic mass is 16.6. The van der Waals surface area contributed by atoms with E-state index in [1.165, 1.54) is 0 Å². The quantitative estimate of drug-likeness (QED) is 0.773. The summed E-state index contributed by atoms with van der Waals surface area (Å²) in [7, 11) is 0. The molecule has 2 aromatic rings. The van der Waals surface area contributed by atoms with E-state index in [2.05, 4.69) is 10.2 Å². The number of nitrogens with zero attached hydrogens (tertiary/aromatic N) is 1. The van der Waals surface area contributed by atoms with Gasteiger partial charge in [0.1, 0.15) is 18.5 Å². The first-order valence-corrected chi connectivity index (χ1v) is 5.02. The van der Waals surface area contributed by atoms with Gasteiger partial charge in [0.25, 0.3) is 0 Å². The lowest BCUT2D eigenvalue weighted by molar-refractivity contribution is 0.265. The molecule has 15 heavy (non-hydrogen) atoms. The van der Waals surface area contributed by atoms with Crippen LogP contribution in [-0.2, 0) is 4.74 Å². The SMILES string of the molecule is Cc1n[nH]c2cccc(OC[C@@H]3CO3)c12. The molecule has 1 N–H and O–H groups in total. The second-order valence-corrected chi connectivity index (χ2v) is 3.75. The molecule has 3 rings (SSSR count). The molecule has 1 aliphatic heterocycles. The van der Waals surface area contributed by atoms with Gasteiger partial charge in [0, 0.05) is 0 Å². The van der Waals surface area contributed by atoms with Crippen molar-refractivity contribution >= 4 is 10.9 Å². The smallest absolute Gasteiger partial charge is 0.130 e. The topological polar surface area (TPSA) is 50.4 Å². The second kappa shape index (κ2) is 3.24. The van der Waals surface area contributed by atoms with Gasteiger partial charge in [-0.15, -0.1) is 0 Å². The lowest BCUT2D eigenvalue weighted by Crippen LogP contribution is -2.04. The monoisotopic (exact) mass is 204 g/mol. The first-order chi connectivity index (χ1) is 7.34. The summed E-state index contributed by atoms with van der Waals surface area (Å²) in [6.07, 6.45) is 0.285. The largest absolute Gasteiger partial charge is 0.490 e. The van der Waals surface area contributed by atoms with Gasteiger partial charge in [-0.3, -0.25) is 5.10 Å². The Morgan fingerprint density at radius 3 is 3.27 bits per heavy atom. The Labute approximate surface area is 87.2 Å². The maximum absolute atomic E-state index is 5.70. The van der Waals surface area contributed by atoms with Crippen LogP contribution < -0.4 is 4.74 Å². The van der Waals surface area contributed by atoms with Gasteiger partial charge in [0.2, 0.25) is 0 Å². The van der Waals surface area contributed by atoms with Crippen molar-refractivity contribution in [3.63, 3.8) is 0 Å². The zero-order chi connectivity index (χ0) is 10.3. The third kappa shape index (κ3) is 1.57. The van der Waals surface area contributed by atoms with Crippen molar-refractivity contribution in [2.24, 2.45) is 0 Å². The molecule has 0 radical (unpaired) electrons. The maximum atomic E-state index is 5.70. The number of rotatable bonds is 3. The second-order valence-electron chi connectivity index (χ2n) is 3.75. The van der Waals surface area contributed by atoms with Crippen LogP contribution in [0.4, 0.5) is 0 Å². The van der Waals surface area contributed by atoms with Crippen LogP contribution in [0.3, 0.4) is 0 Å². The lowest BCUT2D eigenvalue weighted by atomic mass is 10.2. The van der Waals surface area contributed by atoms with Gasteiger partial charge in [0.05, 0.1) is 23.2 Å². The van der Waals surface area contributed by atoms with Gasteiger partial charge < -0.3 is 9.47 Å². The number of benzene rings is 1. The van der Waals surface area contributed by atoms with E-state index >= 15 is 0 Å². The molecular formula is C11H12N2O2. The highest BCUT2D eigenvalue weighted by molar-refractivity contribution is 5.87. The summed E-state index contributed by atoms with van der Waals surface area (Å²) in [6.45, 7) is 3.42. The summed E-state index contributed by atoms with van der Waals surface area (Å²) in [5.74, 6) is 0.884. The van der Waals surface area contributed by atoms with Crippen LogP contribution >= 0.6 is 0 Å². The van der Waals surface area contributed by atoms with E-state index in [0.29, 0.717) is 6.61 Å². The van der Waals surface area contributed by atoms with Crippen molar-refractivity contribution in [2.75, 3.05) is 13.2 Å². The number of aromatic amines is 1. The zero-order valence-electron chi connectivity index (χ0n) is 8.49. The molecule has 0 amide bonds. The molecule has 1 aliphatic rings. The average molecular weight is 204 g/mol. The minimum atomic E-state index is 0.285. The van der Waals surface area contributed by atoms with Gasteiger partial charge in [0.15, 0.2) is 0 Å². The molecule has 4 heteroatoms. The highest BCUT2D eigenvalue weighted by Gasteiger charge is 2.23. The number of ether oxygens (including phenoxy) is 2. The van der Waals surface area contributed by atoms with Crippen molar-refractivity contribution < 1.29 is 9.47 Å². The third-order valence-corrected chi connectivity index (χ3v) is 2.56. The van der Waals surface area contributed by atoms with Crippen LogP contribution in [0.2, 0.25) is 0 Å². The fraction of sp³-hybridized carbons (Fsp3) is 0.364. The Kier molecular flexibility index (Phi) is 1.89. The van der Waals surface area contributed by atoms with E-state index < -0.39 is 0 Å². The van der Waals surface area contributed by atoms with E-state index in [1.54, 1.807) is 0 Å². The van der Waals surface area contributed by atoms with Gasteiger partial charge in [-0.05, 0) is 19.1 Å². The number of nitrogens with one attached hydrogen (secondary N) is 1. The van der Waals surface area contributed by atoms with Crippen LogP contribution in [0, 0.1) is 6.92 Å². The molecule has 1 fully saturated rings. The zero-order valence-corrected chi connectivity index (χ0v) is 8.49. The number of hydrogen-bond acceptors (Lipinski definition) is 3. The van der Waals surface area contributed by atoms with Crippen LogP contribution in [-0.4, -0.2) is 29.5 Å². The van der Waals surface area contributed by atoms with E-state index in [-0.39, 0.29) is 6.10 Å². The molecule has 1 aromatic carbocycles. The Balaban J connectivity index is 1.96. The molecule has 78 valence electrons.